The van der Waals surface area contributed by atoms with Gasteiger partial charge in [-0.3, -0.25) is 0 Å². The zero-order chi connectivity index (χ0) is 20.0. The second-order valence-corrected chi connectivity index (χ2v) is 8.95. The molecular formula is C21H29ClN2O4S. The number of halogens is 1. The van der Waals surface area contributed by atoms with E-state index < -0.39 is 10.0 Å². The summed E-state index contributed by atoms with van der Waals surface area (Å²) in [7, 11) is -3.24. The van der Waals surface area contributed by atoms with Crippen molar-refractivity contribution >= 4 is 22.4 Å². The van der Waals surface area contributed by atoms with E-state index in [0.29, 0.717) is 0 Å². The van der Waals surface area contributed by atoms with Gasteiger partial charge >= 0.3 is 0 Å². The van der Waals surface area contributed by atoms with E-state index in [1.807, 2.05) is 36.4 Å². The Morgan fingerprint density at radius 1 is 1.21 bits per heavy atom. The van der Waals surface area contributed by atoms with Gasteiger partial charge in [-0.2, -0.15) is 0 Å². The number of para-hydroxylation sites is 1. The van der Waals surface area contributed by atoms with E-state index in [0.717, 1.165) is 48.2 Å². The van der Waals surface area contributed by atoms with Gasteiger partial charge in [-0.05, 0) is 43.0 Å². The van der Waals surface area contributed by atoms with Crippen LogP contribution in [0, 0.1) is 0 Å². The third-order valence-electron chi connectivity index (χ3n) is 4.88. The number of aliphatic hydroxyl groups excluding tert-OH is 1. The number of benzene rings is 2. The normalized spacial score (nSPS) is 19.4. The molecule has 0 spiro atoms. The van der Waals surface area contributed by atoms with Crippen LogP contribution in [0.1, 0.15) is 18.4 Å². The van der Waals surface area contributed by atoms with Crippen molar-refractivity contribution < 1.29 is 18.3 Å². The molecule has 1 heterocycles. The predicted molar refractivity (Wildman–Crippen MR) is 118 cm³/mol. The van der Waals surface area contributed by atoms with Crippen molar-refractivity contribution in [1.29, 1.82) is 0 Å². The summed E-state index contributed by atoms with van der Waals surface area (Å²) in [5.41, 5.74) is 3.14. The van der Waals surface area contributed by atoms with Crippen molar-refractivity contribution in [2.24, 2.45) is 0 Å². The van der Waals surface area contributed by atoms with Gasteiger partial charge in [0.1, 0.15) is 12.4 Å². The van der Waals surface area contributed by atoms with Gasteiger partial charge in [-0.15, -0.1) is 12.4 Å². The largest absolute Gasteiger partial charge is 0.491 e. The fourth-order valence-electron chi connectivity index (χ4n) is 3.69. The van der Waals surface area contributed by atoms with E-state index in [4.69, 9.17) is 9.84 Å². The monoisotopic (exact) mass is 440 g/mol. The number of sulfonamides is 1. The van der Waals surface area contributed by atoms with Gasteiger partial charge in [0.15, 0.2) is 0 Å². The molecule has 8 heteroatoms. The minimum absolute atomic E-state index is 0. The van der Waals surface area contributed by atoms with E-state index in [9.17, 15) is 8.42 Å². The predicted octanol–water partition coefficient (Wildman–Crippen LogP) is 2.36. The Morgan fingerprint density at radius 2 is 2.00 bits per heavy atom. The molecule has 3 rings (SSSR count). The standard InChI is InChI=1S/C21H28N2O4S.ClH/c1-28(25,26)23-19-9-5-11-22-20(19)15-16-6-4-7-17(14-16)18-8-2-3-10-21(18)27-13-12-24;/h2-4,6-8,10,14,19-20,22-24H,5,9,11-13,15H2,1H3;1H. The van der Waals surface area contributed by atoms with E-state index in [1.54, 1.807) is 0 Å². The van der Waals surface area contributed by atoms with E-state index in [-0.39, 0.29) is 37.7 Å². The Hall–Kier alpha value is -1.64. The minimum Gasteiger partial charge on any atom is -0.491 e. The summed E-state index contributed by atoms with van der Waals surface area (Å²) in [5, 5.41) is 12.5. The van der Waals surface area contributed by atoms with Crippen LogP contribution in [0.5, 0.6) is 5.75 Å². The molecule has 0 aliphatic carbocycles. The first kappa shape index (κ1) is 23.6. The fourth-order valence-corrected chi connectivity index (χ4v) is 4.52. The van der Waals surface area contributed by atoms with Crippen molar-refractivity contribution in [2.75, 3.05) is 26.0 Å². The number of rotatable bonds is 8. The highest BCUT2D eigenvalue weighted by Gasteiger charge is 2.27. The average Bonchev–Trinajstić information content (AvgIpc) is 2.67. The van der Waals surface area contributed by atoms with Gasteiger partial charge in [0.05, 0.1) is 12.9 Å². The van der Waals surface area contributed by atoms with Crippen LogP contribution >= 0.6 is 12.4 Å². The lowest BCUT2D eigenvalue weighted by atomic mass is 9.92. The molecule has 0 amide bonds. The molecule has 2 atom stereocenters. The first-order chi connectivity index (χ1) is 13.5. The molecule has 1 saturated heterocycles. The molecule has 1 aliphatic rings. The van der Waals surface area contributed by atoms with Crippen molar-refractivity contribution in [3.05, 3.63) is 54.1 Å². The highest BCUT2D eigenvalue weighted by atomic mass is 35.5. The van der Waals surface area contributed by atoms with Gasteiger partial charge in [0.25, 0.3) is 0 Å². The van der Waals surface area contributed by atoms with E-state index in [2.05, 4.69) is 22.2 Å². The molecule has 0 saturated carbocycles. The maximum atomic E-state index is 11.7. The van der Waals surface area contributed by atoms with Crippen LogP contribution in [0.3, 0.4) is 0 Å². The maximum absolute atomic E-state index is 11.7. The molecule has 2 aromatic carbocycles. The van der Waals surface area contributed by atoms with Crippen LogP contribution in [0.4, 0.5) is 0 Å². The number of ether oxygens (including phenoxy) is 1. The Morgan fingerprint density at radius 3 is 2.76 bits per heavy atom. The third-order valence-corrected chi connectivity index (χ3v) is 5.61. The molecule has 2 unspecified atom stereocenters. The van der Waals surface area contributed by atoms with Crippen LogP contribution in [0.15, 0.2) is 48.5 Å². The number of nitrogens with one attached hydrogen (secondary N) is 2. The highest BCUT2D eigenvalue weighted by molar-refractivity contribution is 7.88. The zero-order valence-corrected chi connectivity index (χ0v) is 18.1. The number of hydrogen-bond acceptors (Lipinski definition) is 5. The molecule has 160 valence electrons. The van der Waals surface area contributed by atoms with Gasteiger partial charge in [0, 0.05) is 17.6 Å². The van der Waals surface area contributed by atoms with Crippen LogP contribution in [0.2, 0.25) is 0 Å². The van der Waals surface area contributed by atoms with E-state index in [1.165, 1.54) is 6.26 Å². The van der Waals surface area contributed by atoms with Crippen molar-refractivity contribution in [3.63, 3.8) is 0 Å². The fraction of sp³-hybridized carbons (Fsp3) is 0.429. The van der Waals surface area contributed by atoms with Gasteiger partial charge in [0.2, 0.25) is 10.0 Å². The molecule has 0 bridgehead atoms. The van der Waals surface area contributed by atoms with Crippen LogP contribution < -0.4 is 14.8 Å². The molecule has 1 aliphatic heterocycles. The van der Waals surface area contributed by atoms with Crippen molar-refractivity contribution in [1.82, 2.24) is 10.0 Å². The Kier molecular flexibility index (Phi) is 8.92. The second-order valence-electron chi connectivity index (χ2n) is 7.17. The second kappa shape index (κ2) is 10.9. The first-order valence-electron chi connectivity index (χ1n) is 9.59. The quantitative estimate of drug-likeness (QED) is 0.586. The number of hydrogen-bond donors (Lipinski definition) is 3. The van der Waals surface area contributed by atoms with Crippen molar-refractivity contribution in [3.8, 4) is 16.9 Å². The van der Waals surface area contributed by atoms with Gasteiger partial charge < -0.3 is 15.2 Å². The van der Waals surface area contributed by atoms with Gasteiger partial charge in [-0.25, -0.2) is 13.1 Å². The Balaban J connectivity index is 0.00000300. The third kappa shape index (κ3) is 6.97. The lowest BCUT2D eigenvalue weighted by Gasteiger charge is -2.33. The van der Waals surface area contributed by atoms with E-state index >= 15 is 0 Å². The lowest BCUT2D eigenvalue weighted by molar-refractivity contribution is 0.202. The number of aliphatic hydroxyl groups is 1. The lowest BCUT2D eigenvalue weighted by Crippen LogP contribution is -2.54. The SMILES string of the molecule is CS(=O)(=O)NC1CCCNC1Cc1cccc(-c2ccccc2OCCO)c1.Cl. The van der Waals surface area contributed by atoms with Crippen LogP contribution in [0.25, 0.3) is 11.1 Å². The van der Waals surface area contributed by atoms with Crippen LogP contribution in [-0.4, -0.2) is 51.6 Å². The van der Waals surface area contributed by atoms with Crippen LogP contribution in [-0.2, 0) is 16.4 Å². The summed E-state index contributed by atoms with van der Waals surface area (Å²) < 4.78 is 31.8. The smallest absolute Gasteiger partial charge is 0.209 e. The maximum Gasteiger partial charge on any atom is 0.209 e. The molecule has 0 aromatic heterocycles. The summed E-state index contributed by atoms with van der Waals surface area (Å²) >= 11 is 0. The molecule has 0 radical (unpaired) electrons. The summed E-state index contributed by atoms with van der Waals surface area (Å²) in [4.78, 5) is 0. The summed E-state index contributed by atoms with van der Waals surface area (Å²) in [6.45, 7) is 1.11. The molecule has 29 heavy (non-hydrogen) atoms. The first-order valence-corrected chi connectivity index (χ1v) is 11.5. The molecule has 1 fully saturated rings. The number of piperidine rings is 1. The zero-order valence-electron chi connectivity index (χ0n) is 16.5. The average molecular weight is 441 g/mol. The molecule has 3 N–H and O–H groups in total. The molecule has 2 aromatic rings. The summed E-state index contributed by atoms with van der Waals surface area (Å²) in [6, 6.07) is 15.9. The molecular weight excluding hydrogens is 412 g/mol. The minimum atomic E-state index is -3.24. The molecule has 6 nitrogen and oxygen atoms in total. The topological polar surface area (TPSA) is 87.7 Å². The summed E-state index contributed by atoms with van der Waals surface area (Å²) in [6.07, 6.45) is 3.74. The summed E-state index contributed by atoms with van der Waals surface area (Å²) in [5.74, 6) is 0.737. The Bertz CT molecular complexity index is 892. The van der Waals surface area contributed by atoms with Crippen molar-refractivity contribution in [2.45, 2.75) is 31.3 Å². The Labute approximate surface area is 179 Å². The van der Waals surface area contributed by atoms with Gasteiger partial charge in [-0.1, -0.05) is 42.5 Å². The highest BCUT2D eigenvalue weighted by Crippen LogP contribution is 2.30.